The van der Waals surface area contributed by atoms with E-state index in [-0.39, 0.29) is 17.7 Å². The quantitative estimate of drug-likeness (QED) is 0.926. The van der Waals surface area contributed by atoms with Crippen molar-refractivity contribution in [1.29, 1.82) is 0 Å². The second-order valence-corrected chi connectivity index (χ2v) is 5.76. The molecule has 0 radical (unpaired) electrons. The lowest BCUT2D eigenvalue weighted by atomic mass is 9.96. The molecule has 0 saturated carbocycles. The molecule has 1 saturated heterocycles. The maximum Gasteiger partial charge on any atom is 0.227 e. The largest absolute Gasteiger partial charge is 0.492 e. The zero-order valence-corrected chi connectivity index (χ0v) is 13.7. The Bertz CT molecular complexity index is 554. The number of likely N-dealkylation sites (tertiary alicyclic amines) is 1. The van der Waals surface area contributed by atoms with E-state index in [0.29, 0.717) is 49.0 Å². The highest BCUT2D eigenvalue weighted by atomic mass is 35.5. The van der Waals surface area contributed by atoms with E-state index >= 15 is 0 Å². The van der Waals surface area contributed by atoms with Gasteiger partial charge in [0.1, 0.15) is 5.75 Å². The molecule has 1 aliphatic rings. The minimum absolute atomic E-state index is 0.0246. The molecule has 1 aliphatic heterocycles. The van der Waals surface area contributed by atoms with Crippen LogP contribution in [0, 0.1) is 5.92 Å². The standard InChI is InChI=1S/C16H21ClN2O3/c1-3-22-15-5-4-13(10-14(15)17)18-16(21)12-6-8-19(9-7-12)11(2)20/h4-5,10,12H,3,6-9H2,1-2H3,(H,18,21). The highest BCUT2D eigenvalue weighted by molar-refractivity contribution is 6.32. The van der Waals surface area contributed by atoms with Gasteiger partial charge in [-0.1, -0.05) is 11.6 Å². The van der Waals surface area contributed by atoms with Gasteiger partial charge >= 0.3 is 0 Å². The molecule has 0 bridgehead atoms. The van der Waals surface area contributed by atoms with E-state index < -0.39 is 0 Å². The van der Waals surface area contributed by atoms with Crippen LogP contribution in [-0.2, 0) is 9.59 Å². The van der Waals surface area contributed by atoms with Crippen LogP contribution in [0.4, 0.5) is 5.69 Å². The molecule has 1 aromatic rings. The molecule has 1 aromatic carbocycles. The molecule has 1 heterocycles. The number of nitrogens with one attached hydrogen (secondary N) is 1. The topological polar surface area (TPSA) is 58.6 Å². The Morgan fingerprint density at radius 3 is 2.59 bits per heavy atom. The van der Waals surface area contributed by atoms with E-state index in [9.17, 15) is 9.59 Å². The molecule has 0 atom stereocenters. The van der Waals surface area contributed by atoms with Crippen molar-refractivity contribution in [3.63, 3.8) is 0 Å². The molecule has 0 unspecified atom stereocenters. The summed E-state index contributed by atoms with van der Waals surface area (Å²) in [5.41, 5.74) is 0.660. The molecule has 5 nitrogen and oxygen atoms in total. The Hall–Kier alpha value is -1.75. The average Bonchev–Trinajstić information content (AvgIpc) is 2.50. The highest BCUT2D eigenvalue weighted by Crippen LogP contribution is 2.28. The zero-order valence-electron chi connectivity index (χ0n) is 12.9. The van der Waals surface area contributed by atoms with Crippen molar-refractivity contribution in [2.75, 3.05) is 25.0 Å². The molecule has 22 heavy (non-hydrogen) atoms. The minimum atomic E-state index is -0.0686. The van der Waals surface area contributed by atoms with Crippen molar-refractivity contribution in [1.82, 2.24) is 4.90 Å². The summed E-state index contributed by atoms with van der Waals surface area (Å²) in [4.78, 5) is 25.3. The summed E-state index contributed by atoms with van der Waals surface area (Å²) in [5, 5.41) is 3.36. The molecule has 2 amide bonds. The molecule has 120 valence electrons. The van der Waals surface area contributed by atoms with Crippen LogP contribution in [0.1, 0.15) is 26.7 Å². The van der Waals surface area contributed by atoms with Gasteiger partial charge in [-0.3, -0.25) is 9.59 Å². The lowest BCUT2D eigenvalue weighted by Crippen LogP contribution is -2.40. The number of rotatable bonds is 4. The third-order valence-electron chi connectivity index (χ3n) is 3.81. The fraction of sp³-hybridized carbons (Fsp3) is 0.500. The van der Waals surface area contributed by atoms with Gasteiger partial charge in [-0.15, -0.1) is 0 Å². The molecule has 0 aromatic heterocycles. The van der Waals surface area contributed by atoms with E-state index in [0.717, 1.165) is 0 Å². The third-order valence-corrected chi connectivity index (χ3v) is 4.11. The van der Waals surface area contributed by atoms with Gasteiger partial charge in [0.15, 0.2) is 0 Å². The van der Waals surface area contributed by atoms with E-state index in [1.54, 1.807) is 30.0 Å². The normalized spacial score (nSPS) is 15.5. The Labute approximate surface area is 135 Å². The van der Waals surface area contributed by atoms with Crippen LogP contribution in [0.15, 0.2) is 18.2 Å². The summed E-state index contributed by atoms with van der Waals surface area (Å²) < 4.78 is 5.37. The van der Waals surface area contributed by atoms with E-state index in [1.807, 2.05) is 6.92 Å². The first-order chi connectivity index (χ1) is 10.5. The van der Waals surface area contributed by atoms with Crippen LogP contribution in [0.2, 0.25) is 5.02 Å². The average molecular weight is 325 g/mol. The second kappa shape index (κ2) is 7.49. The lowest BCUT2D eigenvalue weighted by Gasteiger charge is -2.30. The Kier molecular flexibility index (Phi) is 5.66. The maximum absolute atomic E-state index is 12.3. The van der Waals surface area contributed by atoms with Crippen LogP contribution in [-0.4, -0.2) is 36.4 Å². The number of ether oxygens (including phenoxy) is 1. The van der Waals surface area contributed by atoms with Crippen LogP contribution < -0.4 is 10.1 Å². The fourth-order valence-corrected chi connectivity index (χ4v) is 2.79. The van der Waals surface area contributed by atoms with Crippen molar-refractivity contribution >= 4 is 29.1 Å². The number of anilines is 1. The number of carbonyl (C=O) groups excluding carboxylic acids is 2. The number of carbonyl (C=O) groups is 2. The molecule has 1 fully saturated rings. The third kappa shape index (κ3) is 4.13. The number of amides is 2. The van der Waals surface area contributed by atoms with Crippen LogP contribution in [0.5, 0.6) is 5.75 Å². The maximum atomic E-state index is 12.3. The number of benzene rings is 1. The van der Waals surface area contributed by atoms with Gasteiger partial charge in [0.25, 0.3) is 0 Å². The minimum Gasteiger partial charge on any atom is -0.492 e. The predicted molar refractivity (Wildman–Crippen MR) is 86.2 cm³/mol. The van der Waals surface area contributed by atoms with Gasteiger partial charge in [0.2, 0.25) is 11.8 Å². The first-order valence-corrected chi connectivity index (χ1v) is 7.87. The van der Waals surface area contributed by atoms with E-state index in [4.69, 9.17) is 16.3 Å². The number of halogens is 1. The predicted octanol–water partition coefficient (Wildman–Crippen LogP) is 2.94. The Balaban J connectivity index is 1.92. The van der Waals surface area contributed by atoms with Crippen molar-refractivity contribution in [2.45, 2.75) is 26.7 Å². The smallest absolute Gasteiger partial charge is 0.227 e. The van der Waals surface area contributed by atoms with Crippen LogP contribution in [0.25, 0.3) is 0 Å². The van der Waals surface area contributed by atoms with Crippen LogP contribution in [0.3, 0.4) is 0 Å². The van der Waals surface area contributed by atoms with E-state index in [2.05, 4.69) is 5.32 Å². The summed E-state index contributed by atoms with van der Waals surface area (Å²) in [6, 6.07) is 5.22. The Morgan fingerprint density at radius 1 is 1.36 bits per heavy atom. The van der Waals surface area contributed by atoms with Gasteiger partial charge < -0.3 is 15.0 Å². The Morgan fingerprint density at radius 2 is 2.05 bits per heavy atom. The molecular formula is C16H21ClN2O3. The fourth-order valence-electron chi connectivity index (χ4n) is 2.55. The summed E-state index contributed by atoms with van der Waals surface area (Å²) in [6.07, 6.45) is 1.38. The zero-order chi connectivity index (χ0) is 16.1. The number of hydrogen-bond donors (Lipinski definition) is 1. The summed E-state index contributed by atoms with van der Waals surface area (Å²) in [7, 11) is 0. The summed E-state index contributed by atoms with van der Waals surface area (Å²) in [6.45, 7) is 5.26. The number of nitrogens with zero attached hydrogens (tertiary/aromatic N) is 1. The SMILES string of the molecule is CCOc1ccc(NC(=O)C2CCN(C(C)=O)CC2)cc1Cl. The first-order valence-electron chi connectivity index (χ1n) is 7.50. The molecule has 2 rings (SSSR count). The van der Waals surface area contributed by atoms with Gasteiger partial charge in [-0.25, -0.2) is 0 Å². The van der Waals surface area contributed by atoms with Gasteiger partial charge in [0.05, 0.1) is 11.6 Å². The van der Waals surface area contributed by atoms with Gasteiger partial charge in [0, 0.05) is 31.6 Å². The van der Waals surface area contributed by atoms with Gasteiger partial charge in [-0.05, 0) is 38.0 Å². The number of hydrogen-bond acceptors (Lipinski definition) is 3. The summed E-state index contributed by atoms with van der Waals surface area (Å²) in [5.74, 6) is 0.582. The van der Waals surface area contributed by atoms with Crippen molar-refractivity contribution < 1.29 is 14.3 Å². The molecule has 1 N–H and O–H groups in total. The van der Waals surface area contributed by atoms with Crippen molar-refractivity contribution in [3.05, 3.63) is 23.2 Å². The first kappa shape index (κ1) is 16.6. The summed E-state index contributed by atoms with van der Waals surface area (Å²) >= 11 is 6.11. The molecule has 0 spiro atoms. The highest BCUT2D eigenvalue weighted by Gasteiger charge is 2.26. The van der Waals surface area contributed by atoms with E-state index in [1.165, 1.54) is 0 Å². The van der Waals surface area contributed by atoms with Crippen molar-refractivity contribution in [2.24, 2.45) is 5.92 Å². The molecular weight excluding hydrogens is 304 g/mol. The lowest BCUT2D eigenvalue weighted by molar-refractivity contribution is -0.132. The van der Waals surface area contributed by atoms with Crippen molar-refractivity contribution in [3.8, 4) is 5.75 Å². The monoisotopic (exact) mass is 324 g/mol. The van der Waals surface area contributed by atoms with Gasteiger partial charge in [-0.2, -0.15) is 0 Å². The second-order valence-electron chi connectivity index (χ2n) is 5.35. The van der Waals surface area contributed by atoms with Crippen LogP contribution >= 0.6 is 11.6 Å². The molecule has 6 heteroatoms. The molecule has 0 aliphatic carbocycles. The number of piperidine rings is 1.